The smallest absolute Gasteiger partial charge is 0.268 e. The maximum Gasteiger partial charge on any atom is 0.268 e. The summed E-state index contributed by atoms with van der Waals surface area (Å²) in [4.78, 5) is 38.6. The number of anilines is 1. The van der Waals surface area contributed by atoms with Gasteiger partial charge in [-0.1, -0.05) is 18.2 Å². The van der Waals surface area contributed by atoms with Gasteiger partial charge >= 0.3 is 0 Å². The van der Waals surface area contributed by atoms with Gasteiger partial charge in [0.25, 0.3) is 5.91 Å². The van der Waals surface area contributed by atoms with Crippen molar-refractivity contribution in [3.63, 3.8) is 0 Å². The molecule has 0 aromatic heterocycles. The van der Waals surface area contributed by atoms with E-state index in [-0.39, 0.29) is 48.4 Å². The number of nitrogens with one attached hydrogen (secondary N) is 1. The van der Waals surface area contributed by atoms with Gasteiger partial charge in [0.15, 0.2) is 15.6 Å². The summed E-state index contributed by atoms with van der Waals surface area (Å²) < 4.78 is 23.0. The first kappa shape index (κ1) is 21.0. The first-order valence-electron chi connectivity index (χ1n) is 9.40. The number of carbonyl (C=O) groups is 3. The SMILES string of the molecule is CC(=O)C1CC(C(=O)NC(C)C(=O)N2CCS(=O)(=O)CC2)=NN1c1ccccc1. The van der Waals surface area contributed by atoms with E-state index < -0.39 is 27.8 Å². The molecule has 1 saturated heterocycles. The first-order valence-corrected chi connectivity index (χ1v) is 11.2. The van der Waals surface area contributed by atoms with Crippen LogP contribution in [0.15, 0.2) is 35.4 Å². The summed E-state index contributed by atoms with van der Waals surface area (Å²) in [5.41, 5.74) is 0.879. The van der Waals surface area contributed by atoms with Crippen LogP contribution in [0.25, 0.3) is 0 Å². The minimum atomic E-state index is -3.10. The minimum Gasteiger partial charge on any atom is -0.339 e. The number of hydrazone groups is 1. The molecule has 3 rings (SSSR count). The number of Topliss-reactive ketones (excluding diaryl/α,β-unsaturated/α-hetero) is 1. The number of nitrogens with zero attached hydrogens (tertiary/aromatic N) is 3. The van der Waals surface area contributed by atoms with E-state index in [1.807, 2.05) is 18.2 Å². The number of amides is 2. The van der Waals surface area contributed by atoms with Gasteiger partial charge in [-0.2, -0.15) is 5.10 Å². The zero-order chi connectivity index (χ0) is 21.2. The summed E-state index contributed by atoms with van der Waals surface area (Å²) in [7, 11) is -3.10. The third-order valence-corrected chi connectivity index (χ3v) is 6.65. The van der Waals surface area contributed by atoms with Crippen LogP contribution in [0.1, 0.15) is 20.3 Å². The van der Waals surface area contributed by atoms with Gasteiger partial charge in [0, 0.05) is 19.5 Å². The van der Waals surface area contributed by atoms with Crippen molar-refractivity contribution in [1.29, 1.82) is 0 Å². The fourth-order valence-corrected chi connectivity index (χ4v) is 4.53. The van der Waals surface area contributed by atoms with Crippen LogP contribution in [-0.2, 0) is 24.2 Å². The Morgan fingerprint density at radius 3 is 2.34 bits per heavy atom. The van der Waals surface area contributed by atoms with Crippen molar-refractivity contribution in [2.75, 3.05) is 29.6 Å². The second-order valence-electron chi connectivity index (χ2n) is 7.23. The van der Waals surface area contributed by atoms with Crippen molar-refractivity contribution in [3.8, 4) is 0 Å². The summed E-state index contributed by atoms with van der Waals surface area (Å²) in [5, 5.41) is 8.47. The average molecular weight is 420 g/mol. The Bertz CT molecular complexity index is 931. The molecule has 1 fully saturated rings. The van der Waals surface area contributed by atoms with Crippen LogP contribution in [-0.4, -0.2) is 73.3 Å². The van der Waals surface area contributed by atoms with Crippen LogP contribution in [0, 0.1) is 0 Å². The number of rotatable bonds is 5. The second-order valence-corrected chi connectivity index (χ2v) is 9.53. The molecule has 1 N–H and O–H groups in total. The van der Waals surface area contributed by atoms with Crippen molar-refractivity contribution >= 4 is 38.8 Å². The van der Waals surface area contributed by atoms with Crippen LogP contribution >= 0.6 is 0 Å². The molecule has 10 heteroatoms. The van der Waals surface area contributed by atoms with Crippen molar-refractivity contribution in [2.45, 2.75) is 32.4 Å². The lowest BCUT2D eigenvalue weighted by molar-refractivity contribution is -0.134. The standard InChI is InChI=1S/C19H24N4O5S/c1-13(19(26)22-8-10-29(27,28)11-9-22)20-18(25)16-12-17(14(2)24)23(21-16)15-6-4-3-5-7-15/h3-7,13,17H,8-12H2,1-2H3,(H,20,25). The van der Waals surface area contributed by atoms with E-state index in [1.165, 1.54) is 16.8 Å². The zero-order valence-corrected chi connectivity index (χ0v) is 17.2. The summed E-state index contributed by atoms with van der Waals surface area (Å²) in [6, 6.07) is 7.69. The number of sulfone groups is 1. The lowest BCUT2D eigenvalue weighted by atomic mass is 10.1. The van der Waals surface area contributed by atoms with Gasteiger partial charge in [-0.25, -0.2) is 8.42 Å². The van der Waals surface area contributed by atoms with Gasteiger partial charge in [-0.15, -0.1) is 0 Å². The molecule has 29 heavy (non-hydrogen) atoms. The Morgan fingerprint density at radius 1 is 1.14 bits per heavy atom. The summed E-state index contributed by atoms with van der Waals surface area (Å²) in [6.07, 6.45) is 0.152. The van der Waals surface area contributed by atoms with Crippen LogP contribution in [0.3, 0.4) is 0 Å². The molecule has 2 atom stereocenters. The van der Waals surface area contributed by atoms with E-state index in [9.17, 15) is 22.8 Å². The molecule has 2 aliphatic heterocycles. The minimum absolute atomic E-state index is 0.0710. The first-order chi connectivity index (χ1) is 13.7. The van der Waals surface area contributed by atoms with E-state index >= 15 is 0 Å². The summed E-state index contributed by atoms with van der Waals surface area (Å²) >= 11 is 0. The van der Waals surface area contributed by atoms with Crippen molar-refractivity contribution in [2.24, 2.45) is 5.10 Å². The maximum atomic E-state index is 12.6. The number of benzene rings is 1. The maximum absolute atomic E-state index is 12.6. The molecule has 2 amide bonds. The quantitative estimate of drug-likeness (QED) is 0.715. The van der Waals surface area contributed by atoms with Crippen LogP contribution in [0.4, 0.5) is 5.69 Å². The van der Waals surface area contributed by atoms with E-state index in [4.69, 9.17) is 0 Å². The van der Waals surface area contributed by atoms with Crippen molar-refractivity contribution in [1.82, 2.24) is 10.2 Å². The lowest BCUT2D eigenvalue weighted by Crippen LogP contribution is -2.52. The molecule has 1 aromatic rings. The average Bonchev–Trinajstić information content (AvgIpc) is 3.14. The predicted octanol–water partition coefficient (Wildman–Crippen LogP) is -0.0280. The normalized spacial score (nSPS) is 22.0. The molecule has 0 saturated carbocycles. The molecule has 0 bridgehead atoms. The molecule has 0 aliphatic carbocycles. The fraction of sp³-hybridized carbons (Fsp3) is 0.474. The molecule has 2 heterocycles. The van der Waals surface area contributed by atoms with Crippen LogP contribution in [0.2, 0.25) is 0 Å². The summed E-state index contributed by atoms with van der Waals surface area (Å²) in [5.74, 6) is -1.11. The van der Waals surface area contributed by atoms with E-state index in [1.54, 1.807) is 19.1 Å². The van der Waals surface area contributed by atoms with Gasteiger partial charge < -0.3 is 10.2 Å². The molecule has 156 valence electrons. The van der Waals surface area contributed by atoms with Gasteiger partial charge in [-0.05, 0) is 26.0 Å². The van der Waals surface area contributed by atoms with Gasteiger partial charge in [0.1, 0.15) is 17.8 Å². The molecular formula is C19H24N4O5S. The third kappa shape index (κ3) is 4.81. The molecule has 0 spiro atoms. The Hall–Kier alpha value is -2.75. The fourth-order valence-electron chi connectivity index (χ4n) is 3.33. The largest absolute Gasteiger partial charge is 0.339 e. The lowest BCUT2D eigenvalue weighted by Gasteiger charge is -2.29. The van der Waals surface area contributed by atoms with Crippen LogP contribution in [0.5, 0.6) is 0 Å². The molecule has 2 unspecified atom stereocenters. The van der Waals surface area contributed by atoms with Crippen molar-refractivity contribution < 1.29 is 22.8 Å². The Labute approximate surface area is 169 Å². The highest BCUT2D eigenvalue weighted by Crippen LogP contribution is 2.25. The van der Waals surface area contributed by atoms with E-state index in [0.717, 1.165) is 0 Å². The molecular weight excluding hydrogens is 396 g/mol. The highest BCUT2D eigenvalue weighted by atomic mass is 32.2. The monoisotopic (exact) mass is 420 g/mol. The second kappa shape index (κ2) is 8.32. The van der Waals surface area contributed by atoms with Gasteiger partial charge in [0.05, 0.1) is 17.2 Å². The number of hydrogen-bond donors (Lipinski definition) is 1. The topological polar surface area (TPSA) is 116 Å². The zero-order valence-electron chi connectivity index (χ0n) is 16.4. The number of para-hydroxylation sites is 1. The number of hydrogen-bond acceptors (Lipinski definition) is 7. The van der Waals surface area contributed by atoms with Gasteiger partial charge in [0.2, 0.25) is 5.91 Å². The molecule has 1 aromatic carbocycles. The highest BCUT2D eigenvalue weighted by molar-refractivity contribution is 7.91. The number of carbonyl (C=O) groups excluding carboxylic acids is 3. The Kier molecular flexibility index (Phi) is 6.02. The number of ketones is 1. The molecule has 0 radical (unpaired) electrons. The highest BCUT2D eigenvalue weighted by Gasteiger charge is 2.35. The van der Waals surface area contributed by atoms with Crippen molar-refractivity contribution in [3.05, 3.63) is 30.3 Å². The molecule has 9 nitrogen and oxygen atoms in total. The predicted molar refractivity (Wildman–Crippen MR) is 108 cm³/mol. The van der Waals surface area contributed by atoms with E-state index in [0.29, 0.717) is 5.69 Å². The third-order valence-electron chi connectivity index (χ3n) is 5.04. The van der Waals surface area contributed by atoms with Gasteiger partial charge in [-0.3, -0.25) is 19.4 Å². The Balaban J connectivity index is 1.66. The Morgan fingerprint density at radius 2 is 1.76 bits per heavy atom. The summed E-state index contributed by atoms with van der Waals surface area (Å²) in [6.45, 7) is 3.25. The van der Waals surface area contributed by atoms with Crippen LogP contribution < -0.4 is 10.3 Å². The molecule has 2 aliphatic rings. The van der Waals surface area contributed by atoms with E-state index in [2.05, 4.69) is 10.4 Å².